The summed E-state index contributed by atoms with van der Waals surface area (Å²) in [5.74, 6) is 0.465. The van der Waals surface area contributed by atoms with Gasteiger partial charge in [-0.1, -0.05) is 0 Å². The molecule has 6 heteroatoms. The predicted molar refractivity (Wildman–Crippen MR) is 79.1 cm³/mol. The lowest BCUT2D eigenvalue weighted by molar-refractivity contribution is 0.542. The van der Waals surface area contributed by atoms with Crippen LogP contribution in [0.3, 0.4) is 0 Å². The maximum absolute atomic E-state index is 12.0. The van der Waals surface area contributed by atoms with Gasteiger partial charge in [0.05, 0.1) is 16.6 Å². The van der Waals surface area contributed by atoms with Gasteiger partial charge in [0.1, 0.15) is 0 Å². The Hall–Kier alpha value is -1.07. The van der Waals surface area contributed by atoms with Crippen molar-refractivity contribution in [2.45, 2.75) is 45.2 Å². The third-order valence-electron chi connectivity index (χ3n) is 2.96. The predicted octanol–water partition coefficient (Wildman–Crippen LogP) is 3.06. The Kier molecular flexibility index (Phi) is 4.82. The SMILES string of the molecule is CC(C)n1ccn(CCCc2nc(CCl)cs2)c1=O. The fourth-order valence-electron chi connectivity index (χ4n) is 1.92. The molecule has 0 aliphatic carbocycles. The lowest BCUT2D eigenvalue weighted by atomic mass is 10.3. The molecule has 0 amide bonds. The summed E-state index contributed by atoms with van der Waals surface area (Å²) in [5, 5.41) is 3.08. The van der Waals surface area contributed by atoms with Crippen LogP contribution in [0.4, 0.5) is 0 Å². The van der Waals surface area contributed by atoms with E-state index in [9.17, 15) is 4.79 Å². The van der Waals surface area contributed by atoms with E-state index in [-0.39, 0.29) is 11.7 Å². The van der Waals surface area contributed by atoms with E-state index in [0.29, 0.717) is 5.88 Å². The molecule has 0 saturated carbocycles. The number of alkyl halides is 1. The highest BCUT2D eigenvalue weighted by Gasteiger charge is 2.06. The molecule has 0 spiro atoms. The van der Waals surface area contributed by atoms with Crippen molar-refractivity contribution in [2.24, 2.45) is 0 Å². The molecule has 104 valence electrons. The number of aromatic nitrogens is 3. The van der Waals surface area contributed by atoms with Crippen molar-refractivity contribution in [3.05, 3.63) is 39.0 Å². The highest BCUT2D eigenvalue weighted by Crippen LogP contribution is 2.13. The molecule has 0 atom stereocenters. The van der Waals surface area contributed by atoms with Crippen LogP contribution in [-0.2, 0) is 18.8 Å². The van der Waals surface area contributed by atoms with Gasteiger partial charge in [-0.05, 0) is 20.3 Å². The molecule has 0 N–H and O–H groups in total. The van der Waals surface area contributed by atoms with E-state index in [1.165, 1.54) is 0 Å². The summed E-state index contributed by atoms with van der Waals surface area (Å²) in [6, 6.07) is 0.207. The molecule has 19 heavy (non-hydrogen) atoms. The second-order valence-electron chi connectivity index (χ2n) is 4.74. The number of thiazole rings is 1. The largest absolute Gasteiger partial charge is 0.328 e. The quantitative estimate of drug-likeness (QED) is 0.769. The zero-order chi connectivity index (χ0) is 13.8. The van der Waals surface area contributed by atoms with E-state index >= 15 is 0 Å². The average molecular weight is 300 g/mol. The summed E-state index contributed by atoms with van der Waals surface area (Å²) in [4.78, 5) is 16.4. The van der Waals surface area contributed by atoms with Crippen LogP contribution in [0.2, 0.25) is 0 Å². The van der Waals surface area contributed by atoms with Gasteiger partial charge in [-0.25, -0.2) is 9.78 Å². The first-order valence-electron chi connectivity index (χ1n) is 6.38. The van der Waals surface area contributed by atoms with Crippen LogP contribution >= 0.6 is 22.9 Å². The first kappa shape index (κ1) is 14.3. The van der Waals surface area contributed by atoms with Crippen LogP contribution < -0.4 is 5.69 Å². The second kappa shape index (κ2) is 6.39. The first-order chi connectivity index (χ1) is 9.11. The molecule has 0 aliphatic rings. The maximum Gasteiger partial charge on any atom is 0.328 e. The van der Waals surface area contributed by atoms with Gasteiger partial charge in [0.15, 0.2) is 0 Å². The molecule has 0 bridgehead atoms. The van der Waals surface area contributed by atoms with Gasteiger partial charge in [0.25, 0.3) is 0 Å². The first-order valence-corrected chi connectivity index (χ1v) is 7.79. The molecule has 0 radical (unpaired) electrons. The van der Waals surface area contributed by atoms with Gasteiger partial charge in [-0.3, -0.25) is 9.13 Å². The topological polar surface area (TPSA) is 39.8 Å². The Balaban J connectivity index is 1.91. The van der Waals surface area contributed by atoms with Gasteiger partial charge in [0, 0.05) is 36.8 Å². The minimum absolute atomic E-state index is 0.0654. The monoisotopic (exact) mass is 299 g/mol. The smallest absolute Gasteiger partial charge is 0.299 e. The van der Waals surface area contributed by atoms with Crippen LogP contribution in [0.15, 0.2) is 22.6 Å². The van der Waals surface area contributed by atoms with Crippen LogP contribution in [-0.4, -0.2) is 14.1 Å². The standard InChI is InChI=1S/C13H18ClN3OS/c1-10(2)17-7-6-16(13(17)18)5-3-4-12-15-11(8-14)9-19-12/h6-7,9-10H,3-5,8H2,1-2H3. The molecular weight excluding hydrogens is 282 g/mol. The molecule has 0 aromatic carbocycles. The van der Waals surface area contributed by atoms with Crippen LogP contribution in [0.1, 0.15) is 37.0 Å². The van der Waals surface area contributed by atoms with Crippen molar-refractivity contribution in [3.63, 3.8) is 0 Å². The van der Waals surface area contributed by atoms with E-state index in [2.05, 4.69) is 4.98 Å². The number of hydrogen-bond acceptors (Lipinski definition) is 3. The molecule has 2 aromatic rings. The molecular formula is C13H18ClN3OS. The summed E-state index contributed by atoms with van der Waals surface area (Å²) in [6.45, 7) is 4.75. The molecule has 2 aromatic heterocycles. The highest BCUT2D eigenvalue weighted by molar-refractivity contribution is 7.09. The van der Waals surface area contributed by atoms with Crippen molar-refractivity contribution in [1.29, 1.82) is 0 Å². The minimum atomic E-state index is 0.0654. The van der Waals surface area contributed by atoms with Gasteiger partial charge < -0.3 is 0 Å². The fourth-order valence-corrected chi connectivity index (χ4v) is 2.99. The molecule has 0 aliphatic heterocycles. The number of hydrogen-bond donors (Lipinski definition) is 0. The summed E-state index contributed by atoms with van der Waals surface area (Å²) < 4.78 is 3.51. The van der Waals surface area contributed by atoms with Crippen molar-refractivity contribution in [3.8, 4) is 0 Å². The van der Waals surface area contributed by atoms with E-state index in [1.807, 2.05) is 31.6 Å². The van der Waals surface area contributed by atoms with Crippen molar-refractivity contribution < 1.29 is 0 Å². The molecule has 2 rings (SSSR count). The zero-order valence-corrected chi connectivity index (χ0v) is 12.7. The van der Waals surface area contributed by atoms with Gasteiger partial charge in [-0.15, -0.1) is 22.9 Å². The zero-order valence-electron chi connectivity index (χ0n) is 11.2. The average Bonchev–Trinajstić information content (AvgIpc) is 2.97. The van der Waals surface area contributed by atoms with Crippen LogP contribution in [0.25, 0.3) is 0 Å². The van der Waals surface area contributed by atoms with E-state index < -0.39 is 0 Å². The van der Waals surface area contributed by atoms with E-state index in [4.69, 9.17) is 11.6 Å². The Morgan fingerprint density at radius 2 is 2.21 bits per heavy atom. The van der Waals surface area contributed by atoms with Crippen molar-refractivity contribution in [2.75, 3.05) is 0 Å². The third kappa shape index (κ3) is 3.48. The summed E-state index contributed by atoms with van der Waals surface area (Å²) in [5.41, 5.74) is 1.00. The fraction of sp³-hybridized carbons (Fsp3) is 0.538. The lowest BCUT2D eigenvalue weighted by Crippen LogP contribution is -2.25. The van der Waals surface area contributed by atoms with E-state index in [1.54, 1.807) is 20.5 Å². The lowest BCUT2D eigenvalue weighted by Gasteiger charge is -2.04. The van der Waals surface area contributed by atoms with Gasteiger partial charge in [-0.2, -0.15) is 0 Å². The third-order valence-corrected chi connectivity index (χ3v) is 4.19. The Morgan fingerprint density at radius 1 is 1.42 bits per heavy atom. The summed E-state index contributed by atoms with van der Waals surface area (Å²) in [7, 11) is 0. The van der Waals surface area contributed by atoms with Crippen LogP contribution in [0, 0.1) is 0 Å². The second-order valence-corrected chi connectivity index (χ2v) is 5.95. The molecule has 0 unspecified atom stereocenters. The minimum Gasteiger partial charge on any atom is -0.299 e. The Labute approximate surface area is 121 Å². The number of imidazole rings is 1. The Bertz CT molecular complexity index is 585. The van der Waals surface area contributed by atoms with E-state index in [0.717, 1.165) is 30.1 Å². The van der Waals surface area contributed by atoms with Gasteiger partial charge >= 0.3 is 5.69 Å². The highest BCUT2D eigenvalue weighted by atomic mass is 35.5. The number of aryl methyl sites for hydroxylation is 2. The maximum atomic E-state index is 12.0. The van der Waals surface area contributed by atoms with Crippen molar-refractivity contribution >= 4 is 22.9 Å². The number of halogens is 1. The molecule has 0 saturated heterocycles. The van der Waals surface area contributed by atoms with Crippen molar-refractivity contribution in [1.82, 2.24) is 14.1 Å². The Morgan fingerprint density at radius 3 is 2.79 bits per heavy atom. The molecule has 0 fully saturated rings. The summed E-state index contributed by atoms with van der Waals surface area (Å²) >= 11 is 7.35. The van der Waals surface area contributed by atoms with Gasteiger partial charge in [0.2, 0.25) is 0 Å². The van der Waals surface area contributed by atoms with Crippen LogP contribution in [0.5, 0.6) is 0 Å². The summed E-state index contributed by atoms with van der Waals surface area (Å²) in [6.07, 6.45) is 5.51. The molecule has 2 heterocycles. The normalized spacial score (nSPS) is 11.4. The molecule has 4 nitrogen and oxygen atoms in total. The number of nitrogens with zero attached hydrogens (tertiary/aromatic N) is 3. The number of rotatable bonds is 6.